The predicted molar refractivity (Wildman–Crippen MR) is 174 cm³/mol. The topological polar surface area (TPSA) is 76.7 Å². The Bertz CT molecular complexity index is 1060. The number of hydrogen-bond donors (Lipinski definition) is 2. The van der Waals surface area contributed by atoms with Gasteiger partial charge in [0.1, 0.15) is 6.04 Å². The standard InChI is InChI=1S/C36H60N2O4/c1-12-13-14-15-32(38-33(39)16-17-35(10)28(6)24(2)25(3)29(35)7)34(40)37-19-21-42-23-22-41-20-18-36(11)30(8)26(4)27(5)31(36)9/h32H,12-23H2,1-11H3,(H,37,40)(H,38,39)/t32-/m0/s1. The molecule has 0 bridgehead atoms. The van der Waals surface area contributed by atoms with Gasteiger partial charge in [0, 0.05) is 30.4 Å². The number of carbonyl (C=O) groups excluding carboxylic acids is 2. The quantitative estimate of drug-likeness (QED) is 0.162. The second kappa shape index (κ2) is 16.0. The third kappa shape index (κ3) is 8.47. The second-order valence-corrected chi connectivity index (χ2v) is 13.0. The van der Waals surface area contributed by atoms with Crippen LogP contribution in [0.25, 0.3) is 0 Å². The smallest absolute Gasteiger partial charge is 0.242 e. The molecule has 0 saturated heterocycles. The second-order valence-electron chi connectivity index (χ2n) is 13.0. The van der Waals surface area contributed by atoms with Crippen LogP contribution in [0.1, 0.15) is 121 Å². The minimum absolute atomic E-state index is 0.0581. The number of nitrogens with one attached hydrogen (secondary N) is 2. The van der Waals surface area contributed by atoms with Crippen molar-refractivity contribution in [2.75, 3.05) is 33.0 Å². The van der Waals surface area contributed by atoms with Crippen LogP contribution in [0.3, 0.4) is 0 Å². The molecule has 6 heteroatoms. The highest BCUT2D eigenvalue weighted by Crippen LogP contribution is 2.49. The number of hydrogen-bond acceptors (Lipinski definition) is 4. The van der Waals surface area contributed by atoms with Crippen LogP contribution in [0.15, 0.2) is 44.6 Å². The summed E-state index contributed by atoms with van der Waals surface area (Å²) in [6.45, 7) is 26.8. The third-order valence-electron chi connectivity index (χ3n) is 10.9. The molecule has 42 heavy (non-hydrogen) atoms. The monoisotopic (exact) mass is 584 g/mol. The average Bonchev–Trinajstić information content (AvgIpc) is 3.21. The maximum Gasteiger partial charge on any atom is 0.242 e. The van der Waals surface area contributed by atoms with Gasteiger partial charge in [0.05, 0.1) is 19.8 Å². The molecule has 0 aromatic rings. The molecule has 2 rings (SSSR count). The average molecular weight is 585 g/mol. The van der Waals surface area contributed by atoms with Crippen molar-refractivity contribution >= 4 is 11.8 Å². The first-order valence-electron chi connectivity index (χ1n) is 16.2. The fraction of sp³-hybridized carbons (Fsp3) is 0.722. The van der Waals surface area contributed by atoms with Crippen molar-refractivity contribution in [1.82, 2.24) is 10.6 Å². The van der Waals surface area contributed by atoms with Gasteiger partial charge in [0.2, 0.25) is 11.8 Å². The Morgan fingerprint density at radius 1 is 0.690 bits per heavy atom. The Labute approximate surface area is 256 Å². The van der Waals surface area contributed by atoms with Crippen molar-refractivity contribution in [2.24, 2.45) is 10.8 Å². The van der Waals surface area contributed by atoms with Crippen LogP contribution in [0.4, 0.5) is 0 Å². The van der Waals surface area contributed by atoms with Crippen LogP contribution in [-0.4, -0.2) is 50.8 Å². The molecule has 0 saturated carbocycles. The van der Waals surface area contributed by atoms with Gasteiger partial charge in [-0.15, -0.1) is 0 Å². The maximum atomic E-state index is 13.0. The molecule has 238 valence electrons. The number of ether oxygens (including phenoxy) is 2. The van der Waals surface area contributed by atoms with Gasteiger partial charge in [0.25, 0.3) is 0 Å². The van der Waals surface area contributed by atoms with E-state index in [0.29, 0.717) is 45.8 Å². The molecule has 0 unspecified atom stereocenters. The van der Waals surface area contributed by atoms with E-state index in [-0.39, 0.29) is 22.6 Å². The van der Waals surface area contributed by atoms with E-state index >= 15 is 0 Å². The van der Waals surface area contributed by atoms with E-state index in [9.17, 15) is 9.59 Å². The first kappa shape index (κ1) is 36.0. The molecule has 0 heterocycles. The summed E-state index contributed by atoms with van der Waals surface area (Å²) in [6.07, 6.45) is 5.77. The van der Waals surface area contributed by atoms with Gasteiger partial charge < -0.3 is 20.1 Å². The van der Waals surface area contributed by atoms with Crippen LogP contribution < -0.4 is 10.6 Å². The third-order valence-corrected chi connectivity index (χ3v) is 10.9. The number of carbonyl (C=O) groups is 2. The summed E-state index contributed by atoms with van der Waals surface area (Å²) >= 11 is 0. The zero-order valence-electron chi connectivity index (χ0n) is 28.7. The van der Waals surface area contributed by atoms with E-state index < -0.39 is 6.04 Å². The highest BCUT2D eigenvalue weighted by atomic mass is 16.5. The molecule has 0 spiro atoms. The molecule has 2 aliphatic carbocycles. The van der Waals surface area contributed by atoms with Crippen LogP contribution in [0.2, 0.25) is 0 Å². The maximum absolute atomic E-state index is 13.0. The van der Waals surface area contributed by atoms with E-state index in [4.69, 9.17) is 9.47 Å². The van der Waals surface area contributed by atoms with E-state index in [1.807, 2.05) is 0 Å². The zero-order valence-corrected chi connectivity index (χ0v) is 28.7. The summed E-state index contributed by atoms with van der Waals surface area (Å²) in [7, 11) is 0. The van der Waals surface area contributed by atoms with Gasteiger partial charge in [-0.1, -0.05) is 62.3 Å². The molecular formula is C36H60N2O4. The van der Waals surface area contributed by atoms with Crippen LogP contribution >= 0.6 is 0 Å². The highest BCUT2D eigenvalue weighted by Gasteiger charge is 2.37. The van der Waals surface area contributed by atoms with Gasteiger partial charge in [0.15, 0.2) is 0 Å². The van der Waals surface area contributed by atoms with Crippen LogP contribution in [0.5, 0.6) is 0 Å². The summed E-state index contributed by atoms with van der Waals surface area (Å²) in [5, 5.41) is 5.99. The van der Waals surface area contributed by atoms with Gasteiger partial charge in [-0.3, -0.25) is 9.59 Å². The predicted octanol–water partition coefficient (Wildman–Crippen LogP) is 7.76. The first-order valence-corrected chi connectivity index (χ1v) is 16.2. The lowest BCUT2D eigenvalue weighted by molar-refractivity contribution is -0.129. The normalized spacial score (nSPS) is 18.8. The molecule has 2 amide bonds. The number of amides is 2. The lowest BCUT2D eigenvalue weighted by Crippen LogP contribution is -2.47. The molecule has 2 aliphatic rings. The molecule has 0 aromatic heterocycles. The molecule has 6 nitrogen and oxygen atoms in total. The molecule has 2 N–H and O–H groups in total. The Morgan fingerprint density at radius 2 is 1.17 bits per heavy atom. The molecule has 0 radical (unpaired) electrons. The van der Waals surface area contributed by atoms with Gasteiger partial charge >= 0.3 is 0 Å². The van der Waals surface area contributed by atoms with E-state index in [0.717, 1.165) is 32.1 Å². The van der Waals surface area contributed by atoms with Crippen molar-refractivity contribution in [3.8, 4) is 0 Å². The number of allylic oxidation sites excluding steroid dienone is 8. The Balaban J connectivity index is 1.71. The molecule has 1 atom stereocenters. The first-order chi connectivity index (χ1) is 19.7. The highest BCUT2D eigenvalue weighted by molar-refractivity contribution is 5.87. The van der Waals surface area contributed by atoms with Crippen molar-refractivity contribution in [2.45, 2.75) is 127 Å². The van der Waals surface area contributed by atoms with Crippen molar-refractivity contribution in [3.05, 3.63) is 44.6 Å². The van der Waals surface area contributed by atoms with Gasteiger partial charge in [-0.25, -0.2) is 0 Å². The fourth-order valence-corrected chi connectivity index (χ4v) is 6.56. The minimum Gasteiger partial charge on any atom is -0.379 e. The largest absolute Gasteiger partial charge is 0.379 e. The Morgan fingerprint density at radius 3 is 1.67 bits per heavy atom. The van der Waals surface area contributed by atoms with Gasteiger partial charge in [-0.2, -0.15) is 0 Å². The van der Waals surface area contributed by atoms with Crippen molar-refractivity contribution < 1.29 is 19.1 Å². The summed E-state index contributed by atoms with van der Waals surface area (Å²) in [4.78, 5) is 26.0. The summed E-state index contributed by atoms with van der Waals surface area (Å²) in [5.74, 6) is -0.190. The van der Waals surface area contributed by atoms with Crippen molar-refractivity contribution in [1.29, 1.82) is 0 Å². The van der Waals surface area contributed by atoms with Crippen molar-refractivity contribution in [3.63, 3.8) is 0 Å². The van der Waals surface area contributed by atoms with Crippen LogP contribution in [-0.2, 0) is 19.1 Å². The van der Waals surface area contributed by atoms with Crippen LogP contribution in [0, 0.1) is 10.8 Å². The Kier molecular flexibility index (Phi) is 13.8. The molecule has 0 fully saturated rings. The summed E-state index contributed by atoms with van der Waals surface area (Å²) in [5.41, 5.74) is 11.1. The molecular weight excluding hydrogens is 524 g/mol. The summed E-state index contributed by atoms with van der Waals surface area (Å²) < 4.78 is 11.6. The van der Waals surface area contributed by atoms with E-state index in [1.54, 1.807) is 0 Å². The lowest BCUT2D eigenvalue weighted by atomic mass is 9.75. The SMILES string of the molecule is CCCCC[C@H](NC(=O)CCC1(C)C(C)=C(C)C(C)=C1C)C(=O)NCCOCCOCCC1(C)C(C)=C(C)C(C)=C1C. The minimum atomic E-state index is -0.514. The lowest BCUT2D eigenvalue weighted by Gasteiger charge is -2.29. The summed E-state index contributed by atoms with van der Waals surface area (Å²) in [6, 6.07) is -0.514. The van der Waals surface area contributed by atoms with Gasteiger partial charge in [-0.05, 0) is 96.9 Å². The zero-order chi connectivity index (χ0) is 31.7. The molecule has 0 aliphatic heterocycles. The number of rotatable bonds is 18. The van der Waals surface area contributed by atoms with E-state index in [1.165, 1.54) is 44.6 Å². The number of unbranched alkanes of at least 4 members (excludes halogenated alkanes) is 2. The molecule has 0 aromatic carbocycles. The Hall–Kier alpha value is -2.18. The fourth-order valence-electron chi connectivity index (χ4n) is 6.56. The van der Waals surface area contributed by atoms with E-state index in [2.05, 4.69) is 86.8 Å².